The number of nitrogens with one attached hydrogen (secondary N) is 1. The zero-order valence-corrected chi connectivity index (χ0v) is 15.6. The highest BCUT2D eigenvalue weighted by Gasteiger charge is 2.25. The van der Waals surface area contributed by atoms with Gasteiger partial charge in [0.15, 0.2) is 12.4 Å². The summed E-state index contributed by atoms with van der Waals surface area (Å²) in [5.74, 6) is -2.67. The van der Waals surface area contributed by atoms with E-state index in [0.29, 0.717) is 0 Å². The van der Waals surface area contributed by atoms with Crippen molar-refractivity contribution in [2.24, 2.45) is 0 Å². The third-order valence-electron chi connectivity index (χ3n) is 3.84. The van der Waals surface area contributed by atoms with E-state index < -0.39 is 42.9 Å². The Hall–Kier alpha value is -3.68. The third-order valence-corrected chi connectivity index (χ3v) is 3.84. The second-order valence-electron chi connectivity index (χ2n) is 6.15. The molecule has 2 N–H and O–H groups in total. The first-order valence-electron chi connectivity index (χ1n) is 8.85. The molecule has 152 valence electrons. The maximum atomic E-state index is 12.2. The van der Waals surface area contributed by atoms with Gasteiger partial charge in [0.1, 0.15) is 12.6 Å². The maximum Gasteiger partial charge on any atom is 0.408 e. The maximum absolute atomic E-state index is 12.2. The van der Waals surface area contributed by atoms with Crippen LogP contribution in [-0.4, -0.2) is 41.6 Å². The van der Waals surface area contributed by atoms with Crippen LogP contribution in [0.1, 0.15) is 17.5 Å². The molecule has 1 amide bonds. The number of aliphatic carboxylic acids is 1. The number of hydrogen-bond acceptors (Lipinski definition) is 6. The lowest BCUT2D eigenvalue weighted by Crippen LogP contribution is -2.44. The average molecular weight is 399 g/mol. The van der Waals surface area contributed by atoms with Gasteiger partial charge in [-0.1, -0.05) is 60.7 Å². The van der Waals surface area contributed by atoms with Crippen molar-refractivity contribution in [1.82, 2.24) is 5.32 Å². The van der Waals surface area contributed by atoms with E-state index in [0.717, 1.165) is 11.1 Å². The van der Waals surface area contributed by atoms with Gasteiger partial charge in [0.25, 0.3) is 0 Å². The normalized spacial score (nSPS) is 11.2. The number of carboxylic acids is 1. The summed E-state index contributed by atoms with van der Waals surface area (Å²) in [6.07, 6.45) is -1.62. The van der Waals surface area contributed by atoms with Gasteiger partial charge in [0, 0.05) is 0 Å². The molecular weight excluding hydrogens is 378 g/mol. The minimum Gasteiger partial charge on any atom is -0.481 e. The minimum absolute atomic E-state index is 0.0235. The van der Waals surface area contributed by atoms with Crippen LogP contribution in [0, 0.1) is 0 Å². The molecule has 0 fully saturated rings. The number of ether oxygens (including phenoxy) is 2. The fourth-order valence-corrected chi connectivity index (χ4v) is 2.39. The van der Waals surface area contributed by atoms with Crippen molar-refractivity contribution in [3.8, 4) is 0 Å². The van der Waals surface area contributed by atoms with Gasteiger partial charge < -0.3 is 19.9 Å². The number of esters is 1. The van der Waals surface area contributed by atoms with Crippen LogP contribution >= 0.6 is 0 Å². The molecule has 0 saturated heterocycles. The van der Waals surface area contributed by atoms with Gasteiger partial charge in [-0.15, -0.1) is 0 Å². The molecule has 0 aliphatic heterocycles. The first-order valence-corrected chi connectivity index (χ1v) is 8.85. The Morgan fingerprint density at radius 2 is 1.45 bits per heavy atom. The number of amides is 1. The number of rotatable bonds is 10. The van der Waals surface area contributed by atoms with Gasteiger partial charge in [-0.05, 0) is 11.1 Å². The number of carboxylic acid groups (broad SMARTS) is 1. The number of benzene rings is 2. The van der Waals surface area contributed by atoms with Crippen molar-refractivity contribution in [3.63, 3.8) is 0 Å². The SMILES string of the molecule is O=C(O)CC(NC(=O)OCc1ccccc1)C(=O)COC(=O)Cc1ccccc1. The van der Waals surface area contributed by atoms with Crippen molar-refractivity contribution >= 4 is 23.8 Å². The summed E-state index contributed by atoms with van der Waals surface area (Å²) < 4.78 is 9.90. The van der Waals surface area contributed by atoms with Crippen LogP contribution in [0.2, 0.25) is 0 Å². The topological polar surface area (TPSA) is 119 Å². The number of hydrogen-bond donors (Lipinski definition) is 2. The van der Waals surface area contributed by atoms with Crippen molar-refractivity contribution in [1.29, 1.82) is 0 Å². The van der Waals surface area contributed by atoms with E-state index in [1.807, 2.05) is 6.07 Å². The largest absolute Gasteiger partial charge is 0.481 e. The molecule has 8 nitrogen and oxygen atoms in total. The van der Waals surface area contributed by atoms with Gasteiger partial charge in [0.05, 0.1) is 12.8 Å². The van der Waals surface area contributed by atoms with Crippen LogP contribution in [0.25, 0.3) is 0 Å². The van der Waals surface area contributed by atoms with E-state index in [2.05, 4.69) is 5.32 Å². The molecule has 8 heteroatoms. The number of ketones is 1. The summed E-state index contributed by atoms with van der Waals surface area (Å²) in [5, 5.41) is 11.2. The standard InChI is InChI=1S/C21H21NO7/c23-18(14-28-20(26)11-15-7-3-1-4-8-15)17(12-19(24)25)22-21(27)29-13-16-9-5-2-6-10-16/h1-10,17H,11-14H2,(H,22,27)(H,24,25). The molecule has 0 spiro atoms. The Kier molecular flexibility index (Phi) is 8.37. The van der Waals surface area contributed by atoms with E-state index >= 15 is 0 Å². The van der Waals surface area contributed by atoms with Crippen LogP contribution in [0.5, 0.6) is 0 Å². The van der Waals surface area contributed by atoms with Gasteiger partial charge in [-0.3, -0.25) is 14.4 Å². The fraction of sp³-hybridized carbons (Fsp3) is 0.238. The predicted octanol–water partition coefficient (Wildman–Crippen LogP) is 2.11. The molecule has 0 saturated carbocycles. The Balaban J connectivity index is 1.83. The molecule has 29 heavy (non-hydrogen) atoms. The Bertz CT molecular complexity index is 837. The lowest BCUT2D eigenvalue weighted by molar-refractivity contribution is -0.148. The first-order chi connectivity index (χ1) is 13.9. The molecular formula is C21H21NO7. The number of Topliss-reactive ketones (excluding diaryl/α,β-unsaturated/α-hetero) is 1. The van der Waals surface area contributed by atoms with Crippen LogP contribution in [-0.2, 0) is 36.9 Å². The van der Waals surface area contributed by atoms with Crippen molar-refractivity contribution < 1.29 is 33.8 Å². The van der Waals surface area contributed by atoms with Gasteiger partial charge in [-0.25, -0.2) is 4.79 Å². The Morgan fingerprint density at radius 1 is 0.862 bits per heavy atom. The summed E-state index contributed by atoms with van der Waals surface area (Å²) in [6.45, 7) is -0.685. The number of carbonyl (C=O) groups excluding carboxylic acids is 3. The van der Waals surface area contributed by atoms with E-state index in [1.54, 1.807) is 54.6 Å². The molecule has 0 aliphatic carbocycles. The monoisotopic (exact) mass is 399 g/mol. The zero-order valence-electron chi connectivity index (χ0n) is 15.6. The first kappa shape index (κ1) is 21.6. The minimum atomic E-state index is -1.37. The summed E-state index contributed by atoms with van der Waals surface area (Å²) in [7, 11) is 0. The number of carbonyl (C=O) groups is 4. The third kappa shape index (κ3) is 8.25. The highest BCUT2D eigenvalue weighted by molar-refractivity contribution is 5.92. The van der Waals surface area contributed by atoms with Crippen molar-refractivity contribution in [3.05, 3.63) is 71.8 Å². The van der Waals surface area contributed by atoms with Crippen LogP contribution in [0.15, 0.2) is 60.7 Å². The molecule has 1 unspecified atom stereocenters. The lowest BCUT2D eigenvalue weighted by Gasteiger charge is -2.16. The van der Waals surface area contributed by atoms with Gasteiger partial charge in [-0.2, -0.15) is 0 Å². The predicted molar refractivity (Wildman–Crippen MR) is 102 cm³/mol. The van der Waals surface area contributed by atoms with Crippen LogP contribution in [0.3, 0.4) is 0 Å². The quantitative estimate of drug-likeness (QED) is 0.587. The zero-order chi connectivity index (χ0) is 21.1. The van der Waals surface area contributed by atoms with E-state index in [4.69, 9.17) is 14.6 Å². The van der Waals surface area contributed by atoms with Gasteiger partial charge in [0.2, 0.25) is 0 Å². The molecule has 2 rings (SSSR count). The molecule has 0 aromatic heterocycles. The highest BCUT2D eigenvalue weighted by Crippen LogP contribution is 2.04. The van der Waals surface area contributed by atoms with Crippen LogP contribution < -0.4 is 5.32 Å². The van der Waals surface area contributed by atoms with E-state index in [-0.39, 0.29) is 13.0 Å². The Labute approximate surface area is 167 Å². The van der Waals surface area contributed by atoms with Gasteiger partial charge >= 0.3 is 18.0 Å². The fourth-order valence-electron chi connectivity index (χ4n) is 2.39. The average Bonchev–Trinajstić information content (AvgIpc) is 2.71. The van der Waals surface area contributed by atoms with Crippen LogP contribution in [0.4, 0.5) is 4.79 Å². The summed E-state index contributed by atoms with van der Waals surface area (Å²) in [5.41, 5.74) is 1.45. The number of alkyl carbamates (subject to hydrolysis) is 1. The lowest BCUT2D eigenvalue weighted by atomic mass is 10.1. The molecule has 0 heterocycles. The Morgan fingerprint density at radius 3 is 2.03 bits per heavy atom. The van der Waals surface area contributed by atoms with E-state index in [1.165, 1.54) is 0 Å². The highest BCUT2D eigenvalue weighted by atomic mass is 16.5. The van der Waals surface area contributed by atoms with Crippen molar-refractivity contribution in [2.75, 3.05) is 6.61 Å². The summed E-state index contributed by atoms with van der Waals surface area (Å²) in [4.78, 5) is 47.0. The molecule has 1 atom stereocenters. The second kappa shape index (κ2) is 11.2. The molecule has 0 bridgehead atoms. The smallest absolute Gasteiger partial charge is 0.408 e. The summed E-state index contributed by atoms with van der Waals surface area (Å²) in [6, 6.07) is 16.3. The van der Waals surface area contributed by atoms with Crippen molar-refractivity contribution in [2.45, 2.75) is 25.5 Å². The molecule has 0 aliphatic rings. The van der Waals surface area contributed by atoms with E-state index in [9.17, 15) is 19.2 Å². The summed E-state index contributed by atoms with van der Waals surface area (Å²) >= 11 is 0. The molecule has 0 radical (unpaired) electrons. The molecule has 2 aromatic carbocycles. The second-order valence-corrected chi connectivity index (χ2v) is 6.15. The molecule has 2 aromatic rings.